The molecule has 1 atom stereocenters. The molecule has 2 aromatic carbocycles. The van der Waals surface area contributed by atoms with Gasteiger partial charge in [0.15, 0.2) is 0 Å². The number of unbranched alkanes of at least 4 members (excludes halogenated alkanes) is 2. The standard InChI is InChI=1S/C20H20F3NO3/c1-2-3-4-10-24-14-6-5-7-16(26)18(14)17(19(24)27)13-11-12(20(21,22)23)8-9-15(13)25/h5-9,11,17,25-26H,2-4,10H2,1H3. The molecule has 144 valence electrons. The van der Waals surface area contributed by atoms with Crippen LogP contribution in [0.4, 0.5) is 18.9 Å². The van der Waals surface area contributed by atoms with Crippen molar-refractivity contribution in [3.05, 3.63) is 53.1 Å². The first kappa shape index (κ1) is 19.1. The van der Waals surface area contributed by atoms with E-state index >= 15 is 0 Å². The molecule has 0 radical (unpaired) electrons. The Morgan fingerprint density at radius 3 is 2.48 bits per heavy atom. The van der Waals surface area contributed by atoms with Gasteiger partial charge < -0.3 is 15.1 Å². The molecular formula is C20H20F3NO3. The fourth-order valence-electron chi connectivity index (χ4n) is 3.47. The molecule has 27 heavy (non-hydrogen) atoms. The van der Waals surface area contributed by atoms with E-state index in [9.17, 15) is 28.2 Å². The highest BCUT2D eigenvalue weighted by Crippen LogP contribution is 2.48. The Kier molecular flexibility index (Phi) is 5.04. The molecule has 0 fully saturated rings. The van der Waals surface area contributed by atoms with Crippen molar-refractivity contribution >= 4 is 11.6 Å². The molecule has 0 spiro atoms. The number of fused-ring (bicyclic) bond motifs is 1. The molecule has 0 aliphatic carbocycles. The van der Waals surface area contributed by atoms with E-state index in [0.29, 0.717) is 12.2 Å². The first-order valence-corrected chi connectivity index (χ1v) is 8.79. The Bertz CT molecular complexity index is 864. The van der Waals surface area contributed by atoms with Crippen LogP contribution < -0.4 is 4.90 Å². The topological polar surface area (TPSA) is 60.8 Å². The molecule has 1 heterocycles. The van der Waals surface area contributed by atoms with Crippen LogP contribution in [0.1, 0.15) is 48.8 Å². The smallest absolute Gasteiger partial charge is 0.416 e. The van der Waals surface area contributed by atoms with Crippen LogP contribution >= 0.6 is 0 Å². The summed E-state index contributed by atoms with van der Waals surface area (Å²) < 4.78 is 39.3. The van der Waals surface area contributed by atoms with Gasteiger partial charge in [-0.3, -0.25) is 4.79 Å². The number of phenolic OH excluding ortho intramolecular Hbond substituents is 2. The second kappa shape index (κ2) is 7.13. The van der Waals surface area contributed by atoms with Crippen molar-refractivity contribution in [2.24, 2.45) is 0 Å². The summed E-state index contributed by atoms with van der Waals surface area (Å²) in [6.07, 6.45) is -2.02. The molecule has 7 heteroatoms. The summed E-state index contributed by atoms with van der Waals surface area (Å²) in [6, 6.07) is 7.11. The second-order valence-corrected chi connectivity index (χ2v) is 6.61. The van der Waals surface area contributed by atoms with Crippen LogP contribution in [-0.4, -0.2) is 22.7 Å². The average molecular weight is 379 g/mol. The number of hydrogen-bond acceptors (Lipinski definition) is 3. The van der Waals surface area contributed by atoms with Gasteiger partial charge in [-0.2, -0.15) is 13.2 Å². The maximum Gasteiger partial charge on any atom is 0.416 e. The predicted molar refractivity (Wildman–Crippen MR) is 94.9 cm³/mol. The van der Waals surface area contributed by atoms with Gasteiger partial charge in [-0.25, -0.2) is 0 Å². The van der Waals surface area contributed by atoms with E-state index in [1.54, 1.807) is 12.1 Å². The van der Waals surface area contributed by atoms with Gasteiger partial charge in [0.2, 0.25) is 5.91 Å². The Balaban J connectivity index is 2.10. The molecule has 1 aliphatic rings. The minimum absolute atomic E-state index is 0.157. The maximum atomic E-state index is 13.1. The lowest BCUT2D eigenvalue weighted by molar-refractivity contribution is -0.137. The first-order chi connectivity index (χ1) is 12.8. The largest absolute Gasteiger partial charge is 0.508 e. The maximum absolute atomic E-state index is 13.1. The van der Waals surface area contributed by atoms with Crippen LogP contribution in [-0.2, 0) is 11.0 Å². The Morgan fingerprint density at radius 1 is 1.07 bits per heavy atom. The predicted octanol–water partition coefficient (Wildman–Crippen LogP) is 4.79. The van der Waals surface area contributed by atoms with Crippen LogP contribution in [0.15, 0.2) is 36.4 Å². The third-order valence-electron chi connectivity index (χ3n) is 4.80. The molecule has 0 aromatic heterocycles. The number of anilines is 1. The van der Waals surface area contributed by atoms with Gasteiger partial charge in [0.25, 0.3) is 0 Å². The van der Waals surface area contributed by atoms with Crippen LogP contribution in [0.5, 0.6) is 11.5 Å². The summed E-state index contributed by atoms with van der Waals surface area (Å²) in [7, 11) is 0. The van der Waals surface area contributed by atoms with E-state index in [1.165, 1.54) is 11.0 Å². The molecular weight excluding hydrogens is 359 g/mol. The van der Waals surface area contributed by atoms with Crippen molar-refractivity contribution in [1.82, 2.24) is 0 Å². The van der Waals surface area contributed by atoms with Gasteiger partial charge in [-0.15, -0.1) is 0 Å². The van der Waals surface area contributed by atoms with Crippen LogP contribution in [0, 0.1) is 0 Å². The molecule has 1 amide bonds. The number of carbonyl (C=O) groups excluding carboxylic acids is 1. The van der Waals surface area contributed by atoms with Crippen molar-refractivity contribution in [3.63, 3.8) is 0 Å². The highest BCUT2D eigenvalue weighted by molar-refractivity contribution is 6.08. The third kappa shape index (κ3) is 3.46. The molecule has 4 nitrogen and oxygen atoms in total. The Labute approximate surface area is 154 Å². The van der Waals surface area contributed by atoms with E-state index in [4.69, 9.17) is 0 Å². The molecule has 2 N–H and O–H groups in total. The monoisotopic (exact) mass is 379 g/mol. The van der Waals surface area contributed by atoms with Gasteiger partial charge >= 0.3 is 6.18 Å². The number of amides is 1. The number of rotatable bonds is 5. The zero-order chi connectivity index (χ0) is 19.8. The number of halogens is 3. The summed E-state index contributed by atoms with van der Waals surface area (Å²) in [6.45, 7) is 2.43. The summed E-state index contributed by atoms with van der Waals surface area (Å²) >= 11 is 0. The zero-order valence-corrected chi connectivity index (χ0v) is 14.8. The normalized spacial score (nSPS) is 16.7. The summed E-state index contributed by atoms with van der Waals surface area (Å²) in [5.41, 5.74) is -0.411. The van der Waals surface area contributed by atoms with Gasteiger partial charge in [-0.1, -0.05) is 25.8 Å². The van der Waals surface area contributed by atoms with Crippen LogP contribution in [0.25, 0.3) is 0 Å². The molecule has 0 saturated carbocycles. The number of alkyl halides is 3. The Hall–Kier alpha value is -2.70. The Morgan fingerprint density at radius 2 is 1.81 bits per heavy atom. The quantitative estimate of drug-likeness (QED) is 0.735. The molecule has 0 saturated heterocycles. The number of aromatic hydroxyl groups is 2. The average Bonchev–Trinajstić information content (AvgIpc) is 2.88. The van der Waals surface area contributed by atoms with E-state index in [1.807, 2.05) is 6.92 Å². The van der Waals surface area contributed by atoms with Gasteiger partial charge in [0.05, 0.1) is 17.2 Å². The number of carbonyl (C=O) groups is 1. The molecule has 3 rings (SSSR count). The molecule has 2 aromatic rings. The van der Waals surface area contributed by atoms with E-state index < -0.39 is 29.3 Å². The fraction of sp³-hybridized carbons (Fsp3) is 0.350. The summed E-state index contributed by atoms with van der Waals surface area (Å²) in [5.74, 6) is -2.21. The number of nitrogens with zero attached hydrogens (tertiary/aromatic N) is 1. The summed E-state index contributed by atoms with van der Waals surface area (Å²) in [5, 5.41) is 20.5. The van der Waals surface area contributed by atoms with Gasteiger partial charge in [0.1, 0.15) is 11.5 Å². The van der Waals surface area contributed by atoms with Crippen molar-refractivity contribution in [2.75, 3.05) is 11.4 Å². The lowest BCUT2D eigenvalue weighted by atomic mass is 9.90. The van der Waals surface area contributed by atoms with Crippen molar-refractivity contribution in [2.45, 2.75) is 38.3 Å². The van der Waals surface area contributed by atoms with E-state index in [-0.39, 0.29) is 16.9 Å². The van der Waals surface area contributed by atoms with Crippen LogP contribution in [0.3, 0.4) is 0 Å². The molecule has 0 bridgehead atoms. The van der Waals surface area contributed by atoms with Gasteiger partial charge in [-0.05, 0) is 36.8 Å². The highest BCUT2D eigenvalue weighted by Gasteiger charge is 2.42. The lowest BCUT2D eigenvalue weighted by Crippen LogP contribution is -2.30. The minimum Gasteiger partial charge on any atom is -0.508 e. The van der Waals surface area contributed by atoms with Crippen molar-refractivity contribution in [1.29, 1.82) is 0 Å². The highest BCUT2D eigenvalue weighted by atomic mass is 19.4. The first-order valence-electron chi connectivity index (χ1n) is 8.79. The zero-order valence-electron chi connectivity index (χ0n) is 14.8. The molecule has 1 unspecified atom stereocenters. The minimum atomic E-state index is -4.60. The SMILES string of the molecule is CCCCCN1C(=O)C(c2cc(C(F)(F)F)ccc2O)c2c(O)cccc21. The fourth-order valence-corrected chi connectivity index (χ4v) is 3.47. The van der Waals surface area contributed by atoms with Crippen molar-refractivity contribution in [3.8, 4) is 11.5 Å². The molecule has 1 aliphatic heterocycles. The third-order valence-corrected chi connectivity index (χ3v) is 4.80. The van der Waals surface area contributed by atoms with Crippen LogP contribution in [0.2, 0.25) is 0 Å². The van der Waals surface area contributed by atoms with Crippen molar-refractivity contribution < 1.29 is 28.2 Å². The summed E-state index contributed by atoms with van der Waals surface area (Å²) in [4.78, 5) is 14.5. The number of benzene rings is 2. The van der Waals surface area contributed by atoms with E-state index in [0.717, 1.165) is 37.5 Å². The second-order valence-electron chi connectivity index (χ2n) is 6.61. The van der Waals surface area contributed by atoms with E-state index in [2.05, 4.69) is 0 Å². The number of hydrogen-bond donors (Lipinski definition) is 2. The number of phenols is 2. The lowest BCUT2D eigenvalue weighted by Gasteiger charge is -2.18. The van der Waals surface area contributed by atoms with Gasteiger partial charge in [0, 0.05) is 17.7 Å².